The number of aliphatic carboxylic acids is 1. The molecule has 1 atom stereocenters. The van der Waals surface area contributed by atoms with E-state index >= 15 is 0 Å². The first kappa shape index (κ1) is 28.3. The number of rotatable bonds is 9. The molecule has 0 spiro atoms. The van der Waals surface area contributed by atoms with Gasteiger partial charge >= 0.3 is 5.97 Å². The maximum absolute atomic E-state index is 11.2. The number of nitrogens with one attached hydrogen (secondary N) is 1. The number of carboxylic acids is 1. The minimum absolute atomic E-state index is 0.00295. The Labute approximate surface area is 223 Å². The van der Waals surface area contributed by atoms with E-state index in [0.717, 1.165) is 28.8 Å². The number of carbonyl (C=O) groups excluding carboxylic acids is 1. The zero-order valence-electron chi connectivity index (χ0n) is 21.9. The number of carbonyl (C=O) groups is 2. The number of benzene rings is 3. The van der Waals surface area contributed by atoms with Crippen molar-refractivity contribution in [2.75, 3.05) is 0 Å². The van der Waals surface area contributed by atoms with Gasteiger partial charge in [0, 0.05) is 17.5 Å². The summed E-state index contributed by atoms with van der Waals surface area (Å²) in [6.45, 7) is 6.12. The Morgan fingerprint density at radius 3 is 1.97 bits per heavy atom. The highest BCUT2D eigenvalue weighted by molar-refractivity contribution is 5.82. The first-order chi connectivity index (χ1) is 18.3. The van der Waals surface area contributed by atoms with Crippen LogP contribution in [0.4, 0.5) is 0 Å². The van der Waals surface area contributed by atoms with E-state index in [9.17, 15) is 9.59 Å². The van der Waals surface area contributed by atoms with Crippen molar-refractivity contribution in [1.82, 2.24) is 10.5 Å². The normalized spacial score (nSPS) is 11.4. The van der Waals surface area contributed by atoms with Crippen LogP contribution in [0.25, 0.3) is 22.6 Å². The molecule has 4 aromatic rings. The van der Waals surface area contributed by atoms with E-state index < -0.39 is 5.97 Å². The summed E-state index contributed by atoms with van der Waals surface area (Å²) in [5.41, 5.74) is 6.48. The molecule has 0 aliphatic heterocycles. The van der Waals surface area contributed by atoms with Crippen LogP contribution in [-0.2, 0) is 22.4 Å². The third kappa shape index (κ3) is 8.15. The Bertz CT molecular complexity index is 1240. The van der Waals surface area contributed by atoms with Crippen molar-refractivity contribution in [1.29, 1.82) is 0 Å². The minimum Gasteiger partial charge on any atom is -0.481 e. The van der Waals surface area contributed by atoms with Crippen LogP contribution in [0.1, 0.15) is 50.1 Å². The number of hydroxylamine groups is 1. The molecule has 7 heteroatoms. The molecule has 3 N–H and O–H groups in total. The van der Waals surface area contributed by atoms with Crippen molar-refractivity contribution in [2.45, 2.75) is 46.0 Å². The predicted octanol–water partition coefficient (Wildman–Crippen LogP) is 6.52. The van der Waals surface area contributed by atoms with Gasteiger partial charge in [0.2, 0.25) is 0 Å². The van der Waals surface area contributed by atoms with E-state index in [-0.39, 0.29) is 24.7 Å². The van der Waals surface area contributed by atoms with E-state index in [1.165, 1.54) is 5.56 Å². The number of hydrogen-bond acceptors (Lipinski definition) is 5. The third-order valence-electron chi connectivity index (χ3n) is 5.93. The summed E-state index contributed by atoms with van der Waals surface area (Å²) in [5.74, 6) is 0.187. The number of nitrogens with zero attached hydrogens (tertiary/aromatic N) is 1. The van der Waals surface area contributed by atoms with Crippen LogP contribution in [0.5, 0.6) is 0 Å². The molecular weight excluding hydrogens is 480 g/mol. The lowest BCUT2D eigenvalue weighted by atomic mass is 9.96. The number of oxazole rings is 1. The van der Waals surface area contributed by atoms with Gasteiger partial charge in [-0.3, -0.25) is 14.8 Å². The molecule has 0 fully saturated rings. The Hall–Kier alpha value is -4.23. The second-order valence-corrected chi connectivity index (χ2v) is 9.45. The summed E-state index contributed by atoms with van der Waals surface area (Å²) in [4.78, 5) is 26.4. The fourth-order valence-electron chi connectivity index (χ4n) is 3.92. The molecule has 1 heterocycles. The van der Waals surface area contributed by atoms with Crippen LogP contribution >= 0.6 is 0 Å². The van der Waals surface area contributed by atoms with Crippen molar-refractivity contribution in [3.8, 4) is 22.6 Å². The van der Waals surface area contributed by atoms with E-state index in [1.54, 1.807) is 12.4 Å². The van der Waals surface area contributed by atoms with Crippen molar-refractivity contribution in [2.24, 2.45) is 5.92 Å². The zero-order chi connectivity index (χ0) is 27.5. The SMILES string of the molecule is CC(C)Cc1ccc(C(C)C(=O)NO)cc1.O=C(O)CCc1nc(-c2ccccc2)c(-c2ccccc2)o1. The number of aromatic nitrogens is 1. The summed E-state index contributed by atoms with van der Waals surface area (Å²) in [6.07, 6.45) is 1.33. The summed E-state index contributed by atoms with van der Waals surface area (Å²) in [6, 6.07) is 27.4. The zero-order valence-corrected chi connectivity index (χ0v) is 21.9. The van der Waals surface area contributed by atoms with Crippen LogP contribution in [0.2, 0.25) is 0 Å². The van der Waals surface area contributed by atoms with Crippen LogP contribution in [0, 0.1) is 5.92 Å². The van der Waals surface area contributed by atoms with Gasteiger partial charge < -0.3 is 9.52 Å². The average Bonchev–Trinajstić information content (AvgIpc) is 3.37. The quantitative estimate of drug-likeness (QED) is 0.173. The van der Waals surface area contributed by atoms with Crippen molar-refractivity contribution < 1.29 is 24.3 Å². The fraction of sp³-hybridized carbons (Fsp3) is 0.258. The van der Waals surface area contributed by atoms with Crippen molar-refractivity contribution >= 4 is 11.9 Å². The van der Waals surface area contributed by atoms with Crippen LogP contribution < -0.4 is 5.48 Å². The molecule has 0 bridgehead atoms. The smallest absolute Gasteiger partial charge is 0.303 e. The first-order valence-electron chi connectivity index (χ1n) is 12.6. The Kier molecular flexibility index (Phi) is 10.4. The highest BCUT2D eigenvalue weighted by Crippen LogP contribution is 2.32. The molecule has 0 radical (unpaired) electrons. The molecule has 1 aromatic heterocycles. The van der Waals surface area contributed by atoms with E-state index in [1.807, 2.05) is 84.9 Å². The first-order valence-corrected chi connectivity index (χ1v) is 12.6. The Morgan fingerprint density at radius 1 is 0.868 bits per heavy atom. The fourth-order valence-corrected chi connectivity index (χ4v) is 3.92. The van der Waals surface area contributed by atoms with Crippen LogP contribution in [0.15, 0.2) is 89.3 Å². The van der Waals surface area contributed by atoms with Crippen molar-refractivity contribution in [3.63, 3.8) is 0 Å². The maximum atomic E-state index is 11.2. The molecule has 198 valence electrons. The van der Waals surface area contributed by atoms with Crippen LogP contribution in [0.3, 0.4) is 0 Å². The van der Waals surface area contributed by atoms with Gasteiger partial charge in [-0.15, -0.1) is 0 Å². The van der Waals surface area contributed by atoms with Gasteiger partial charge in [0.15, 0.2) is 11.7 Å². The Balaban J connectivity index is 0.000000223. The van der Waals surface area contributed by atoms with Gasteiger partial charge in [-0.1, -0.05) is 98.8 Å². The van der Waals surface area contributed by atoms with E-state index in [0.29, 0.717) is 17.6 Å². The average molecular weight is 515 g/mol. The molecule has 38 heavy (non-hydrogen) atoms. The molecule has 0 aliphatic carbocycles. The summed E-state index contributed by atoms with van der Waals surface area (Å²) >= 11 is 0. The summed E-state index contributed by atoms with van der Waals surface area (Å²) in [7, 11) is 0. The molecule has 0 saturated carbocycles. The number of hydrogen-bond donors (Lipinski definition) is 3. The second kappa shape index (κ2) is 13.9. The highest BCUT2D eigenvalue weighted by Gasteiger charge is 2.17. The van der Waals surface area contributed by atoms with Gasteiger partial charge in [0.1, 0.15) is 5.69 Å². The van der Waals surface area contributed by atoms with Gasteiger partial charge in [0.25, 0.3) is 5.91 Å². The minimum atomic E-state index is -0.860. The molecule has 1 unspecified atom stereocenters. The number of amides is 1. The van der Waals surface area contributed by atoms with Crippen molar-refractivity contribution in [3.05, 3.63) is 102 Å². The van der Waals surface area contributed by atoms with Gasteiger partial charge in [-0.2, -0.15) is 0 Å². The highest BCUT2D eigenvalue weighted by atomic mass is 16.5. The van der Waals surface area contributed by atoms with Crippen LogP contribution in [-0.4, -0.2) is 27.2 Å². The molecule has 1 amide bonds. The van der Waals surface area contributed by atoms with Gasteiger partial charge in [-0.05, 0) is 30.4 Å². The van der Waals surface area contributed by atoms with Gasteiger partial charge in [0.05, 0.1) is 12.3 Å². The monoisotopic (exact) mass is 514 g/mol. The maximum Gasteiger partial charge on any atom is 0.303 e. The number of carboxylic acid groups (broad SMARTS) is 1. The predicted molar refractivity (Wildman–Crippen MR) is 147 cm³/mol. The molecular formula is C31H34N2O5. The lowest BCUT2D eigenvalue weighted by molar-refractivity contribution is -0.137. The lowest BCUT2D eigenvalue weighted by Crippen LogP contribution is -2.24. The third-order valence-corrected chi connectivity index (χ3v) is 5.93. The molecule has 0 saturated heterocycles. The van der Waals surface area contributed by atoms with Gasteiger partial charge in [-0.25, -0.2) is 10.5 Å². The summed E-state index contributed by atoms with van der Waals surface area (Å²) < 4.78 is 5.83. The Morgan fingerprint density at radius 2 is 1.45 bits per heavy atom. The standard InChI is InChI=1S/C18H15NO3.C13H19NO2/c20-16(21)12-11-15-19-17(13-7-3-1-4-8-13)18(22-15)14-9-5-2-6-10-14;1-9(2)8-11-4-6-12(7-5-11)10(3)13(15)14-16/h1-10H,11-12H2,(H,20,21);4-7,9-10,16H,8H2,1-3H3,(H,14,15). The largest absolute Gasteiger partial charge is 0.481 e. The molecule has 3 aromatic carbocycles. The topological polar surface area (TPSA) is 113 Å². The lowest BCUT2D eigenvalue weighted by Gasteiger charge is -2.11. The van der Waals surface area contributed by atoms with E-state index in [4.69, 9.17) is 14.7 Å². The molecule has 0 aliphatic rings. The summed E-state index contributed by atoms with van der Waals surface area (Å²) in [5, 5.41) is 17.4. The van der Waals surface area contributed by atoms with E-state index in [2.05, 4.69) is 18.8 Å². The second-order valence-electron chi connectivity index (χ2n) is 9.45. The molecule has 7 nitrogen and oxygen atoms in total. The number of aryl methyl sites for hydroxylation is 1. The molecule has 4 rings (SSSR count).